The van der Waals surface area contributed by atoms with Gasteiger partial charge in [0.05, 0.1) is 5.65 Å². The zero-order valence-electron chi connectivity index (χ0n) is 21.2. The normalized spacial score (nSPS) is 12.5. The summed E-state index contributed by atoms with van der Waals surface area (Å²) in [5.74, 6) is 5.19. The van der Waals surface area contributed by atoms with Crippen molar-refractivity contribution in [3.8, 4) is 0 Å². The van der Waals surface area contributed by atoms with Gasteiger partial charge in [-0.2, -0.15) is 0 Å². The van der Waals surface area contributed by atoms with Gasteiger partial charge in [0.15, 0.2) is 0 Å². The van der Waals surface area contributed by atoms with Gasteiger partial charge >= 0.3 is 0 Å². The molecule has 0 spiro atoms. The number of imidazole rings is 1. The van der Waals surface area contributed by atoms with E-state index in [2.05, 4.69) is 101 Å². The van der Waals surface area contributed by atoms with E-state index < -0.39 is 0 Å². The molecule has 1 aliphatic heterocycles. The van der Waals surface area contributed by atoms with Gasteiger partial charge < -0.3 is 14.3 Å². The Balaban J connectivity index is 0.000000152. The van der Waals surface area contributed by atoms with Crippen molar-refractivity contribution in [2.45, 2.75) is 13.8 Å². The molecule has 38 heavy (non-hydrogen) atoms. The van der Waals surface area contributed by atoms with E-state index in [-0.39, 0.29) is 26.8 Å². The van der Waals surface area contributed by atoms with Gasteiger partial charge in [-0.3, -0.25) is 4.98 Å². The number of fused-ring (bicyclic) bond motifs is 6. The van der Waals surface area contributed by atoms with E-state index in [1.807, 2.05) is 53.8 Å². The molecule has 0 amide bonds. The molecule has 4 heterocycles. The molecule has 7 rings (SSSR count). The van der Waals surface area contributed by atoms with Gasteiger partial charge in [0.1, 0.15) is 0 Å². The van der Waals surface area contributed by atoms with Crippen molar-refractivity contribution in [1.82, 2.24) is 14.4 Å². The third-order valence-corrected chi connectivity index (χ3v) is 6.78. The van der Waals surface area contributed by atoms with Crippen molar-refractivity contribution < 1.29 is 20.1 Å². The van der Waals surface area contributed by atoms with Crippen molar-refractivity contribution in [2.24, 2.45) is 0 Å². The van der Waals surface area contributed by atoms with Crippen LogP contribution in [0.4, 0.5) is 5.82 Å². The van der Waals surface area contributed by atoms with Crippen LogP contribution in [-0.4, -0.2) is 21.1 Å². The van der Waals surface area contributed by atoms with Gasteiger partial charge in [0.25, 0.3) is 0 Å². The van der Waals surface area contributed by atoms with Gasteiger partial charge in [0, 0.05) is 50.0 Å². The van der Waals surface area contributed by atoms with Crippen molar-refractivity contribution in [3.63, 3.8) is 0 Å². The van der Waals surface area contributed by atoms with Gasteiger partial charge in [-0.1, -0.05) is 70.5 Å². The summed E-state index contributed by atoms with van der Waals surface area (Å²) in [4.78, 5) is 10.7. The third kappa shape index (κ3) is 4.81. The van der Waals surface area contributed by atoms with Crippen molar-refractivity contribution in [2.75, 3.05) is 4.90 Å². The molecule has 187 valence electrons. The number of anilines is 1. The van der Waals surface area contributed by atoms with Crippen LogP contribution in [0.1, 0.15) is 11.1 Å². The summed E-state index contributed by atoms with van der Waals surface area (Å²) < 4.78 is 2.12. The van der Waals surface area contributed by atoms with Gasteiger partial charge in [-0.15, -0.1) is 54.0 Å². The molecule has 0 fully saturated rings. The number of aromatic nitrogens is 3. The zero-order valence-corrected chi connectivity index (χ0v) is 23.6. The van der Waals surface area contributed by atoms with E-state index >= 15 is 0 Å². The molecule has 4 nitrogen and oxygen atoms in total. The Morgan fingerprint density at radius 3 is 2.34 bits per heavy atom. The summed E-state index contributed by atoms with van der Waals surface area (Å²) in [7, 11) is 0. The van der Waals surface area contributed by atoms with Crippen LogP contribution in [-0.2, 0) is 20.1 Å². The number of hydrogen-bond acceptors (Lipinski definition) is 3. The van der Waals surface area contributed by atoms with E-state index in [1.54, 1.807) is 6.20 Å². The standard InChI is InChI=1S/C17H16BN2.C15H9N2.Ir/c1-14-6-5-7-15(2)17(14)18-9-12-20(13-10-18)16-8-3-4-11-19-16;1-2-7-13-11(5-1)12-6-3-4-8-14(12)17-10-9-16-15(13)17;/h3-12H,1-2H3;1-6,8-10H;/q2*-1;. The van der Waals surface area contributed by atoms with E-state index in [4.69, 9.17) is 0 Å². The zero-order chi connectivity index (χ0) is 25.2. The molecule has 3 aromatic heterocycles. The second kappa shape index (κ2) is 11.2. The maximum absolute atomic E-state index is 4.43. The monoisotopic (exact) mass is 669 g/mol. The van der Waals surface area contributed by atoms with Crippen LogP contribution in [0.5, 0.6) is 0 Å². The third-order valence-electron chi connectivity index (χ3n) is 6.78. The van der Waals surface area contributed by atoms with Crippen molar-refractivity contribution in [1.29, 1.82) is 0 Å². The Hall–Kier alpha value is -3.99. The molecule has 0 saturated carbocycles. The Morgan fingerprint density at radius 1 is 0.789 bits per heavy atom. The molecule has 3 aromatic carbocycles. The Bertz CT molecular complexity index is 1670. The number of benzene rings is 3. The predicted molar refractivity (Wildman–Crippen MR) is 154 cm³/mol. The molecular weight excluding hydrogens is 643 g/mol. The van der Waals surface area contributed by atoms with E-state index in [0.29, 0.717) is 0 Å². The summed E-state index contributed by atoms with van der Waals surface area (Å²) >= 11 is 0. The smallest absolute Gasteiger partial charge is 0.204 e. The Morgan fingerprint density at radius 2 is 1.58 bits per heavy atom. The van der Waals surface area contributed by atoms with E-state index in [1.165, 1.54) is 32.9 Å². The second-order valence-electron chi connectivity index (χ2n) is 9.12. The van der Waals surface area contributed by atoms with Crippen LogP contribution >= 0.6 is 0 Å². The molecule has 0 atom stereocenters. The fourth-order valence-electron chi connectivity index (χ4n) is 5.05. The molecule has 0 bridgehead atoms. The van der Waals surface area contributed by atoms with Crippen LogP contribution in [0.2, 0.25) is 0 Å². The molecule has 0 aliphatic carbocycles. The van der Waals surface area contributed by atoms with Crippen LogP contribution in [0, 0.1) is 26.1 Å². The molecule has 6 heteroatoms. The van der Waals surface area contributed by atoms with E-state index in [0.717, 1.165) is 16.9 Å². The quantitative estimate of drug-likeness (QED) is 0.124. The van der Waals surface area contributed by atoms with Crippen LogP contribution in [0.15, 0.2) is 116 Å². The topological polar surface area (TPSA) is 33.4 Å². The van der Waals surface area contributed by atoms with Crippen molar-refractivity contribution in [3.05, 3.63) is 139 Å². The molecule has 0 unspecified atom stereocenters. The minimum atomic E-state index is 0. The van der Waals surface area contributed by atoms with Crippen LogP contribution in [0.25, 0.3) is 27.3 Å². The molecule has 0 N–H and O–H groups in total. The summed E-state index contributed by atoms with van der Waals surface area (Å²) in [5, 5.41) is 3.53. The Labute approximate surface area is 236 Å². The second-order valence-corrected chi connectivity index (χ2v) is 9.12. The molecule has 6 aromatic rings. The largest absolute Gasteiger partial charge is 0.471 e. The average molecular weight is 669 g/mol. The fraction of sp³-hybridized carbons (Fsp3) is 0.0625. The predicted octanol–water partition coefficient (Wildman–Crippen LogP) is 6.27. The fourth-order valence-corrected chi connectivity index (χ4v) is 5.05. The maximum Gasteiger partial charge on any atom is 0.204 e. The van der Waals surface area contributed by atoms with Crippen LogP contribution < -0.4 is 10.4 Å². The number of nitrogens with zero attached hydrogens (tertiary/aromatic N) is 4. The first-order chi connectivity index (χ1) is 18.2. The van der Waals surface area contributed by atoms with E-state index in [9.17, 15) is 0 Å². The molecular formula is C32H25BIrN4-2. The van der Waals surface area contributed by atoms with Crippen molar-refractivity contribution >= 4 is 45.3 Å². The number of rotatable bonds is 2. The van der Waals surface area contributed by atoms with Crippen LogP contribution in [0.3, 0.4) is 0 Å². The van der Waals surface area contributed by atoms with Gasteiger partial charge in [-0.05, 0) is 31.4 Å². The summed E-state index contributed by atoms with van der Waals surface area (Å²) in [6.07, 6.45) is 11.0. The van der Waals surface area contributed by atoms with Gasteiger partial charge in [0.2, 0.25) is 6.71 Å². The minimum Gasteiger partial charge on any atom is -0.471 e. The summed E-state index contributed by atoms with van der Waals surface area (Å²) in [5.41, 5.74) is 6.18. The number of para-hydroxylation sites is 1. The molecule has 1 aliphatic rings. The van der Waals surface area contributed by atoms with Gasteiger partial charge in [-0.25, -0.2) is 0 Å². The number of pyridine rings is 2. The minimum absolute atomic E-state index is 0. The number of aryl methyl sites for hydroxylation is 2. The molecule has 1 radical (unpaired) electrons. The molecule has 0 saturated heterocycles. The number of hydrogen-bond donors (Lipinski definition) is 0. The first kappa shape index (κ1) is 25.7. The SMILES string of the molecule is Cc1cccc(C)c1B1C=[C-]N(c2ccccn2)C=C1.[Ir].[c-]1cccc2c1c1nccn1c1ccccc21. The summed E-state index contributed by atoms with van der Waals surface area (Å²) in [6, 6.07) is 30.1. The average Bonchev–Trinajstić information content (AvgIpc) is 3.45. The first-order valence-corrected chi connectivity index (χ1v) is 12.4. The Kier molecular flexibility index (Phi) is 7.55. The summed E-state index contributed by atoms with van der Waals surface area (Å²) in [6.45, 7) is 4.61. The first-order valence-electron chi connectivity index (χ1n) is 12.4. The maximum atomic E-state index is 4.43.